The lowest BCUT2D eigenvalue weighted by molar-refractivity contribution is -0.107. The number of halogens is 1. The van der Waals surface area contributed by atoms with Crippen LogP contribution in [-0.4, -0.2) is 12.4 Å². The molecule has 0 fully saturated rings. The lowest BCUT2D eigenvalue weighted by Crippen LogP contribution is -1.95. The minimum absolute atomic E-state index is 0.460. The Morgan fingerprint density at radius 2 is 1.75 bits per heavy atom. The first kappa shape index (κ1) is 20.0. The van der Waals surface area contributed by atoms with Crippen LogP contribution < -0.4 is 4.74 Å². The molecule has 0 radical (unpaired) electrons. The van der Waals surface area contributed by atoms with Gasteiger partial charge in [-0.3, -0.25) is 4.79 Å². The third-order valence-electron chi connectivity index (χ3n) is 3.90. The minimum atomic E-state index is -0.460. The van der Waals surface area contributed by atoms with Crippen molar-refractivity contribution in [2.24, 2.45) is 0 Å². The van der Waals surface area contributed by atoms with E-state index in [4.69, 9.17) is 16.3 Å². The maximum absolute atomic E-state index is 10.8. The van der Waals surface area contributed by atoms with E-state index in [1.807, 2.05) is 32.1 Å². The number of carbonyl (C=O) groups is 1. The molecule has 0 unspecified atom stereocenters. The maximum atomic E-state index is 10.8. The first-order valence-electron chi connectivity index (χ1n) is 7.81. The SMILES string of the molecule is COc1cc(C)c(/C=C/C(C)=C/C=C/C(C)=C/C(=O)Cl)c(C)c1C. The van der Waals surface area contributed by atoms with Gasteiger partial charge in [0.1, 0.15) is 5.75 Å². The largest absolute Gasteiger partial charge is 0.496 e. The Labute approximate surface area is 150 Å². The maximum Gasteiger partial charge on any atom is 0.245 e. The Morgan fingerprint density at radius 1 is 1.08 bits per heavy atom. The van der Waals surface area contributed by atoms with E-state index in [0.29, 0.717) is 0 Å². The highest BCUT2D eigenvalue weighted by atomic mass is 35.5. The normalized spacial score (nSPS) is 13.1. The van der Waals surface area contributed by atoms with Gasteiger partial charge in [-0.2, -0.15) is 0 Å². The zero-order chi connectivity index (χ0) is 18.3. The van der Waals surface area contributed by atoms with E-state index in [1.165, 1.54) is 22.8 Å². The molecule has 0 saturated carbocycles. The van der Waals surface area contributed by atoms with Gasteiger partial charge in [0.05, 0.1) is 7.11 Å². The molecule has 0 saturated heterocycles. The number of allylic oxidation sites excluding steroid dienone is 7. The van der Waals surface area contributed by atoms with Crippen LogP contribution in [-0.2, 0) is 4.79 Å². The van der Waals surface area contributed by atoms with Crippen molar-refractivity contribution < 1.29 is 9.53 Å². The molecule has 0 bridgehead atoms. The van der Waals surface area contributed by atoms with Gasteiger partial charge in [0.25, 0.3) is 0 Å². The minimum Gasteiger partial charge on any atom is -0.496 e. The molecular formula is C21H25ClO2. The number of ether oxygens (including phenoxy) is 1. The second-order valence-electron chi connectivity index (χ2n) is 5.86. The van der Waals surface area contributed by atoms with E-state index in [9.17, 15) is 4.79 Å². The van der Waals surface area contributed by atoms with Gasteiger partial charge in [0, 0.05) is 6.08 Å². The summed E-state index contributed by atoms with van der Waals surface area (Å²) in [4.78, 5) is 10.8. The zero-order valence-corrected chi connectivity index (χ0v) is 16.0. The molecule has 1 aromatic carbocycles. The quantitative estimate of drug-likeness (QED) is 0.367. The van der Waals surface area contributed by atoms with Crippen LogP contribution in [0.5, 0.6) is 5.75 Å². The number of hydrogen-bond donors (Lipinski definition) is 0. The lowest BCUT2D eigenvalue weighted by Gasteiger charge is -2.13. The third-order valence-corrected chi connectivity index (χ3v) is 4.01. The number of benzene rings is 1. The summed E-state index contributed by atoms with van der Waals surface area (Å²) >= 11 is 5.31. The van der Waals surface area contributed by atoms with Crippen molar-refractivity contribution in [3.8, 4) is 5.75 Å². The molecule has 1 aromatic rings. The van der Waals surface area contributed by atoms with Gasteiger partial charge in [-0.1, -0.05) is 36.0 Å². The highest BCUT2D eigenvalue weighted by Crippen LogP contribution is 2.28. The molecule has 0 aliphatic heterocycles. The molecule has 3 heteroatoms. The van der Waals surface area contributed by atoms with Crippen LogP contribution in [0.1, 0.15) is 36.1 Å². The fourth-order valence-corrected chi connectivity index (χ4v) is 2.55. The molecular weight excluding hydrogens is 320 g/mol. The van der Waals surface area contributed by atoms with Crippen molar-refractivity contribution in [2.75, 3.05) is 7.11 Å². The van der Waals surface area contributed by atoms with E-state index in [1.54, 1.807) is 7.11 Å². The van der Waals surface area contributed by atoms with Gasteiger partial charge in [-0.15, -0.1) is 0 Å². The molecule has 0 aromatic heterocycles. The molecule has 2 nitrogen and oxygen atoms in total. The Bertz CT molecular complexity index is 735. The summed E-state index contributed by atoms with van der Waals surface area (Å²) in [6, 6.07) is 2.07. The van der Waals surface area contributed by atoms with Crippen molar-refractivity contribution in [2.45, 2.75) is 34.6 Å². The van der Waals surface area contributed by atoms with E-state index in [0.717, 1.165) is 22.5 Å². The fraction of sp³-hybridized carbons (Fsp3) is 0.286. The second kappa shape index (κ2) is 9.29. The van der Waals surface area contributed by atoms with Crippen LogP contribution in [0, 0.1) is 20.8 Å². The smallest absolute Gasteiger partial charge is 0.245 e. The summed E-state index contributed by atoms with van der Waals surface area (Å²) in [5.74, 6) is 0.924. The second-order valence-corrected chi connectivity index (χ2v) is 6.23. The van der Waals surface area contributed by atoms with Gasteiger partial charge in [-0.05, 0) is 80.1 Å². The van der Waals surface area contributed by atoms with E-state index < -0.39 is 5.24 Å². The highest BCUT2D eigenvalue weighted by Gasteiger charge is 2.08. The Balaban J connectivity index is 2.97. The molecule has 1 rings (SSSR count). The number of carbonyl (C=O) groups excluding carboxylic acids is 1. The topological polar surface area (TPSA) is 26.3 Å². The number of aryl methyl sites for hydroxylation is 1. The summed E-state index contributed by atoms with van der Waals surface area (Å²) in [6.45, 7) is 10.1. The molecule has 0 atom stereocenters. The van der Waals surface area contributed by atoms with Crippen LogP contribution in [0.4, 0.5) is 0 Å². The summed E-state index contributed by atoms with van der Waals surface area (Å²) < 4.78 is 5.41. The number of methoxy groups -OCH3 is 1. The molecule has 0 amide bonds. The van der Waals surface area contributed by atoms with Crippen LogP contribution in [0.15, 0.2) is 47.6 Å². The van der Waals surface area contributed by atoms with Gasteiger partial charge in [-0.25, -0.2) is 0 Å². The molecule has 0 spiro atoms. The third kappa shape index (κ3) is 5.86. The average molecular weight is 345 g/mol. The summed E-state index contributed by atoms with van der Waals surface area (Å²) in [7, 11) is 1.70. The Kier molecular flexibility index (Phi) is 7.73. The summed E-state index contributed by atoms with van der Waals surface area (Å²) in [5, 5.41) is -0.460. The van der Waals surface area contributed by atoms with Crippen molar-refractivity contribution in [3.05, 3.63) is 69.8 Å². The first-order valence-corrected chi connectivity index (χ1v) is 8.19. The predicted molar refractivity (Wildman–Crippen MR) is 104 cm³/mol. The van der Waals surface area contributed by atoms with Crippen LogP contribution >= 0.6 is 11.6 Å². The van der Waals surface area contributed by atoms with Crippen molar-refractivity contribution >= 4 is 22.9 Å². The first-order chi connectivity index (χ1) is 11.3. The Hall–Kier alpha value is -2.06. The Morgan fingerprint density at radius 3 is 2.33 bits per heavy atom. The van der Waals surface area contributed by atoms with E-state index in [2.05, 4.69) is 39.0 Å². The standard InChI is InChI=1S/C21H25ClO2/c1-14(8-7-9-15(2)12-21(22)23)10-11-19-16(3)13-20(24-6)18(5)17(19)4/h7-13H,1-6H3/b9-7+,11-10+,14-8+,15-12+. The molecule has 24 heavy (non-hydrogen) atoms. The van der Waals surface area contributed by atoms with Gasteiger partial charge >= 0.3 is 0 Å². The fourth-order valence-electron chi connectivity index (χ4n) is 2.38. The van der Waals surface area contributed by atoms with E-state index >= 15 is 0 Å². The molecule has 0 aliphatic carbocycles. The predicted octanol–water partition coefficient (Wildman–Crippen LogP) is 5.85. The highest BCUT2D eigenvalue weighted by molar-refractivity contribution is 6.66. The molecule has 0 aliphatic rings. The number of rotatable bonds is 6. The van der Waals surface area contributed by atoms with Crippen molar-refractivity contribution in [3.63, 3.8) is 0 Å². The van der Waals surface area contributed by atoms with Crippen LogP contribution in [0.3, 0.4) is 0 Å². The molecule has 0 N–H and O–H groups in total. The monoisotopic (exact) mass is 344 g/mol. The molecule has 0 heterocycles. The zero-order valence-electron chi connectivity index (χ0n) is 15.2. The van der Waals surface area contributed by atoms with Gasteiger partial charge < -0.3 is 4.74 Å². The lowest BCUT2D eigenvalue weighted by atomic mass is 9.96. The van der Waals surface area contributed by atoms with Crippen molar-refractivity contribution in [1.29, 1.82) is 0 Å². The summed E-state index contributed by atoms with van der Waals surface area (Å²) in [5.41, 5.74) is 6.73. The van der Waals surface area contributed by atoms with Crippen LogP contribution in [0.25, 0.3) is 6.08 Å². The number of hydrogen-bond acceptors (Lipinski definition) is 2. The van der Waals surface area contributed by atoms with Gasteiger partial charge in [0.2, 0.25) is 5.24 Å². The van der Waals surface area contributed by atoms with E-state index in [-0.39, 0.29) is 0 Å². The van der Waals surface area contributed by atoms with Crippen molar-refractivity contribution in [1.82, 2.24) is 0 Å². The average Bonchev–Trinajstić information content (AvgIpc) is 2.50. The summed E-state index contributed by atoms with van der Waals surface area (Å²) in [6.07, 6.45) is 11.4. The van der Waals surface area contributed by atoms with Crippen LogP contribution in [0.2, 0.25) is 0 Å². The molecule has 128 valence electrons. The van der Waals surface area contributed by atoms with Gasteiger partial charge in [0.15, 0.2) is 0 Å².